The van der Waals surface area contributed by atoms with E-state index >= 15 is 0 Å². The number of unbranched alkanes of at least 4 members (excludes halogenated alkanes) is 8. The summed E-state index contributed by atoms with van der Waals surface area (Å²) in [4.78, 5) is 0. The van der Waals surface area contributed by atoms with Gasteiger partial charge in [0.25, 0.3) is 0 Å². The van der Waals surface area contributed by atoms with Gasteiger partial charge >= 0.3 is 6.18 Å². The molecule has 33 heavy (non-hydrogen) atoms. The Morgan fingerprint density at radius 2 is 1.45 bits per heavy atom. The van der Waals surface area contributed by atoms with Crippen LogP contribution in [0.2, 0.25) is 0 Å². The minimum atomic E-state index is -4.35. The number of halogens is 4. The molecule has 0 bridgehead atoms. The summed E-state index contributed by atoms with van der Waals surface area (Å²) in [5, 5.41) is 0. The zero-order valence-electron chi connectivity index (χ0n) is 19.9. The summed E-state index contributed by atoms with van der Waals surface area (Å²) >= 11 is 0. The molecule has 1 nitrogen and oxygen atoms in total. The molecule has 1 atom stereocenters. The van der Waals surface area contributed by atoms with Crippen LogP contribution >= 0.6 is 0 Å². The van der Waals surface area contributed by atoms with Crippen molar-refractivity contribution in [3.63, 3.8) is 0 Å². The van der Waals surface area contributed by atoms with Crippen LogP contribution in [-0.2, 0) is 12.6 Å². The lowest BCUT2D eigenvalue weighted by Crippen LogP contribution is -2.34. The van der Waals surface area contributed by atoms with E-state index in [-0.39, 0.29) is 11.9 Å². The molecule has 2 aromatic rings. The van der Waals surface area contributed by atoms with Crippen molar-refractivity contribution in [1.82, 2.24) is 0 Å². The third kappa shape index (κ3) is 6.91. The van der Waals surface area contributed by atoms with E-state index in [4.69, 9.17) is 0 Å². The van der Waals surface area contributed by atoms with E-state index in [2.05, 4.69) is 18.4 Å². The molecule has 0 amide bonds. The Balaban J connectivity index is 1.77. The lowest BCUT2D eigenvalue weighted by molar-refractivity contribution is -0.483. The van der Waals surface area contributed by atoms with Crippen molar-refractivity contribution in [2.24, 2.45) is 0 Å². The van der Waals surface area contributed by atoms with Gasteiger partial charge in [0.1, 0.15) is 5.82 Å². The summed E-state index contributed by atoms with van der Waals surface area (Å²) in [6.07, 6.45) is 8.24. The molecule has 0 N–H and O–H groups in total. The van der Waals surface area contributed by atoms with E-state index in [9.17, 15) is 17.6 Å². The van der Waals surface area contributed by atoms with Crippen molar-refractivity contribution in [3.05, 3.63) is 65.0 Å². The van der Waals surface area contributed by atoms with E-state index < -0.39 is 11.7 Å². The minimum Gasteiger partial charge on any atom is -0.207 e. The molecule has 0 saturated carbocycles. The topological polar surface area (TPSA) is 3.01 Å². The Labute approximate surface area is 195 Å². The van der Waals surface area contributed by atoms with Crippen LogP contribution in [0.25, 0.3) is 0 Å². The SMILES string of the molecule is CCCCCCCCCCCC1=[N+](c2ccc(C(F)(F)F)cc2)C(C)Cc2cc(F)ccc21. The van der Waals surface area contributed by atoms with Gasteiger partial charge in [0.15, 0.2) is 11.8 Å². The van der Waals surface area contributed by atoms with Crippen molar-refractivity contribution in [3.8, 4) is 0 Å². The van der Waals surface area contributed by atoms with Gasteiger partial charge in [-0.2, -0.15) is 17.7 Å². The standard InChI is InChI=1S/C28H36F4N/c1-3-4-5-6-7-8-9-10-11-12-27-26-18-15-24(29)20-22(26)19-21(2)33(27)25-16-13-23(14-17-25)28(30,31)32/h13-18,20-21H,3-12,19H2,1-2H3/q+1. The minimum absolute atomic E-state index is 0.0459. The highest BCUT2D eigenvalue weighted by molar-refractivity contribution is 5.99. The molecule has 1 unspecified atom stereocenters. The van der Waals surface area contributed by atoms with E-state index in [0.29, 0.717) is 6.42 Å². The Kier molecular flexibility index (Phi) is 9.10. The van der Waals surface area contributed by atoms with Crippen LogP contribution in [0.15, 0.2) is 42.5 Å². The second kappa shape index (κ2) is 11.8. The fraction of sp³-hybridized carbons (Fsp3) is 0.536. The fourth-order valence-corrected chi connectivity index (χ4v) is 4.90. The average molecular weight is 463 g/mol. The summed E-state index contributed by atoms with van der Waals surface area (Å²) in [5.74, 6) is -0.244. The number of rotatable bonds is 11. The van der Waals surface area contributed by atoms with Crippen molar-refractivity contribution in [2.75, 3.05) is 0 Å². The van der Waals surface area contributed by atoms with Crippen molar-refractivity contribution in [2.45, 2.75) is 96.7 Å². The van der Waals surface area contributed by atoms with E-state index in [1.165, 1.54) is 51.0 Å². The van der Waals surface area contributed by atoms with Gasteiger partial charge in [-0.15, -0.1) is 0 Å². The quantitative estimate of drug-likeness (QED) is 0.178. The van der Waals surface area contributed by atoms with Crippen LogP contribution in [0.5, 0.6) is 0 Å². The van der Waals surface area contributed by atoms with Crippen LogP contribution in [0.3, 0.4) is 0 Å². The van der Waals surface area contributed by atoms with Crippen molar-refractivity contribution in [1.29, 1.82) is 0 Å². The first-order chi connectivity index (χ1) is 15.8. The lowest BCUT2D eigenvalue weighted by Gasteiger charge is -2.23. The van der Waals surface area contributed by atoms with E-state index in [1.807, 2.05) is 6.07 Å². The molecule has 1 aliphatic heterocycles. The Hall–Kier alpha value is -2.17. The average Bonchev–Trinajstić information content (AvgIpc) is 2.77. The van der Waals surface area contributed by atoms with Gasteiger partial charge in [-0.1, -0.05) is 58.3 Å². The molecular formula is C28H36F4N+. The zero-order chi connectivity index (χ0) is 23.8. The summed E-state index contributed by atoms with van der Waals surface area (Å²) in [6, 6.07) is 10.4. The molecule has 2 aromatic carbocycles. The second-order valence-electron chi connectivity index (χ2n) is 9.29. The van der Waals surface area contributed by atoms with Crippen LogP contribution in [-0.4, -0.2) is 16.3 Å². The largest absolute Gasteiger partial charge is 0.416 e. The van der Waals surface area contributed by atoms with Gasteiger partial charge in [-0.3, -0.25) is 0 Å². The third-order valence-corrected chi connectivity index (χ3v) is 6.62. The number of nitrogens with zero attached hydrogens (tertiary/aromatic N) is 1. The molecule has 0 aliphatic carbocycles. The van der Waals surface area contributed by atoms with Crippen LogP contribution < -0.4 is 0 Å². The van der Waals surface area contributed by atoms with Gasteiger partial charge in [0, 0.05) is 30.5 Å². The number of hydrogen-bond acceptors (Lipinski definition) is 0. The van der Waals surface area contributed by atoms with E-state index in [1.54, 1.807) is 18.2 Å². The number of benzene rings is 2. The first kappa shape index (κ1) is 25.5. The monoisotopic (exact) mass is 462 g/mol. The maximum absolute atomic E-state index is 13.9. The summed E-state index contributed by atoms with van der Waals surface area (Å²) in [5.41, 5.74) is 3.22. The van der Waals surface area contributed by atoms with Crippen molar-refractivity contribution >= 4 is 11.4 Å². The maximum Gasteiger partial charge on any atom is 0.416 e. The first-order valence-corrected chi connectivity index (χ1v) is 12.4. The summed E-state index contributed by atoms with van der Waals surface area (Å²) < 4.78 is 55.2. The molecule has 1 heterocycles. The highest BCUT2D eigenvalue weighted by Gasteiger charge is 2.34. The zero-order valence-corrected chi connectivity index (χ0v) is 19.9. The van der Waals surface area contributed by atoms with E-state index in [0.717, 1.165) is 53.9 Å². The molecule has 0 spiro atoms. The normalized spacial score (nSPS) is 16.2. The Morgan fingerprint density at radius 3 is 2.06 bits per heavy atom. The van der Waals surface area contributed by atoms with Crippen LogP contribution in [0, 0.1) is 5.82 Å². The molecule has 0 saturated heterocycles. The Bertz CT molecular complexity index is 928. The molecule has 0 fully saturated rings. The highest BCUT2D eigenvalue weighted by atomic mass is 19.4. The number of fused-ring (bicyclic) bond motifs is 1. The smallest absolute Gasteiger partial charge is 0.207 e. The molecule has 0 radical (unpaired) electrons. The van der Waals surface area contributed by atoms with Gasteiger partial charge in [-0.05, 0) is 49.2 Å². The predicted molar refractivity (Wildman–Crippen MR) is 127 cm³/mol. The van der Waals surface area contributed by atoms with Gasteiger partial charge < -0.3 is 0 Å². The van der Waals surface area contributed by atoms with Crippen LogP contribution in [0.4, 0.5) is 23.2 Å². The number of hydrogen-bond donors (Lipinski definition) is 0. The third-order valence-electron chi connectivity index (χ3n) is 6.62. The van der Waals surface area contributed by atoms with Gasteiger partial charge in [-0.25, -0.2) is 4.39 Å². The Morgan fingerprint density at radius 1 is 0.848 bits per heavy atom. The molecule has 3 rings (SSSR count). The predicted octanol–water partition coefficient (Wildman–Crippen LogP) is 8.84. The second-order valence-corrected chi connectivity index (χ2v) is 9.29. The molecule has 5 heteroatoms. The van der Waals surface area contributed by atoms with Gasteiger partial charge in [0.05, 0.1) is 5.56 Å². The summed E-state index contributed by atoms with van der Waals surface area (Å²) in [7, 11) is 0. The maximum atomic E-state index is 13.9. The lowest BCUT2D eigenvalue weighted by atomic mass is 9.89. The van der Waals surface area contributed by atoms with Gasteiger partial charge in [0.2, 0.25) is 5.69 Å². The summed E-state index contributed by atoms with van der Waals surface area (Å²) in [6.45, 7) is 4.28. The molecule has 0 aromatic heterocycles. The molecular weight excluding hydrogens is 426 g/mol. The van der Waals surface area contributed by atoms with Crippen molar-refractivity contribution < 1.29 is 22.1 Å². The molecule has 1 aliphatic rings. The number of alkyl halides is 3. The highest BCUT2D eigenvalue weighted by Crippen LogP contribution is 2.33. The fourth-order valence-electron chi connectivity index (χ4n) is 4.90. The molecule has 180 valence electrons. The first-order valence-electron chi connectivity index (χ1n) is 12.4. The van der Waals surface area contributed by atoms with Crippen LogP contribution in [0.1, 0.15) is 94.7 Å².